The third-order valence-electron chi connectivity index (χ3n) is 1.87. The average Bonchev–Trinajstić information content (AvgIpc) is 2.88. The van der Waals surface area contributed by atoms with Crippen molar-refractivity contribution in [1.82, 2.24) is 0 Å². The summed E-state index contributed by atoms with van der Waals surface area (Å²) in [4.78, 5) is 0. The molecule has 0 saturated carbocycles. The molecular weight excluding hydrogens is 152 g/mol. The van der Waals surface area contributed by atoms with Crippen molar-refractivity contribution in [2.45, 2.75) is 13.0 Å². The van der Waals surface area contributed by atoms with Gasteiger partial charge >= 0.3 is 0 Å². The molecule has 1 aromatic carbocycles. The fourth-order valence-corrected chi connectivity index (χ4v) is 1.21. The van der Waals surface area contributed by atoms with Crippen molar-refractivity contribution in [2.24, 2.45) is 0 Å². The molecule has 1 aliphatic rings. The minimum absolute atomic E-state index is 0.324. The van der Waals surface area contributed by atoms with E-state index in [2.05, 4.69) is 6.07 Å². The Morgan fingerprint density at radius 2 is 2.42 bits per heavy atom. The number of hydrogen-bond acceptors (Lipinski definition) is 2. The predicted molar refractivity (Wildman–Crippen MR) is 46.3 cm³/mol. The van der Waals surface area contributed by atoms with E-state index in [-0.39, 0.29) is 0 Å². The van der Waals surface area contributed by atoms with Crippen LogP contribution in [0.2, 0.25) is 0 Å². The van der Waals surface area contributed by atoms with Gasteiger partial charge in [0.25, 0.3) is 0 Å². The lowest BCUT2D eigenvalue weighted by Gasteiger charge is -2.03. The largest absolute Gasteiger partial charge is 0.494 e. The summed E-state index contributed by atoms with van der Waals surface area (Å²) in [5.41, 5.74) is 1.22. The lowest BCUT2D eigenvalue weighted by Crippen LogP contribution is -1.91. The van der Waals surface area contributed by atoms with Crippen LogP contribution in [0, 0.1) is 0 Å². The maximum Gasteiger partial charge on any atom is 0.119 e. The lowest BCUT2D eigenvalue weighted by atomic mass is 10.1. The van der Waals surface area contributed by atoms with E-state index in [4.69, 9.17) is 9.47 Å². The highest BCUT2D eigenvalue weighted by Crippen LogP contribution is 2.31. The summed E-state index contributed by atoms with van der Waals surface area (Å²) in [6, 6.07) is 8.08. The van der Waals surface area contributed by atoms with E-state index in [1.807, 2.05) is 25.1 Å². The molecule has 2 rings (SSSR count). The summed E-state index contributed by atoms with van der Waals surface area (Å²) in [6.07, 6.45) is 0.324. The van der Waals surface area contributed by atoms with Crippen LogP contribution in [-0.2, 0) is 4.74 Å². The Hall–Kier alpha value is -1.02. The second-order valence-corrected chi connectivity index (χ2v) is 2.83. The van der Waals surface area contributed by atoms with Crippen LogP contribution in [0.3, 0.4) is 0 Å². The van der Waals surface area contributed by atoms with Crippen LogP contribution in [0.15, 0.2) is 24.3 Å². The van der Waals surface area contributed by atoms with Gasteiger partial charge in [-0.2, -0.15) is 0 Å². The molecule has 0 N–H and O–H groups in total. The fourth-order valence-electron chi connectivity index (χ4n) is 1.21. The molecule has 64 valence electrons. The fraction of sp³-hybridized carbons (Fsp3) is 0.400. The number of benzene rings is 1. The first-order valence-corrected chi connectivity index (χ1v) is 4.24. The molecule has 0 aliphatic carbocycles. The zero-order valence-corrected chi connectivity index (χ0v) is 7.12. The van der Waals surface area contributed by atoms with Crippen LogP contribution >= 0.6 is 0 Å². The highest BCUT2D eigenvalue weighted by atomic mass is 16.6. The van der Waals surface area contributed by atoms with Gasteiger partial charge < -0.3 is 9.47 Å². The normalized spacial score (nSPS) is 20.6. The topological polar surface area (TPSA) is 21.8 Å². The number of hydrogen-bond donors (Lipinski definition) is 0. The monoisotopic (exact) mass is 164 g/mol. The van der Waals surface area contributed by atoms with Crippen LogP contribution in [0.4, 0.5) is 0 Å². The van der Waals surface area contributed by atoms with Gasteiger partial charge in [0.1, 0.15) is 11.9 Å². The van der Waals surface area contributed by atoms with Crippen LogP contribution in [0.1, 0.15) is 18.6 Å². The van der Waals surface area contributed by atoms with Crippen molar-refractivity contribution in [2.75, 3.05) is 13.2 Å². The van der Waals surface area contributed by atoms with Crippen molar-refractivity contribution < 1.29 is 9.47 Å². The maximum absolute atomic E-state index is 5.37. The van der Waals surface area contributed by atoms with Gasteiger partial charge in [0.15, 0.2) is 0 Å². The number of rotatable bonds is 3. The zero-order chi connectivity index (χ0) is 8.39. The highest BCUT2D eigenvalue weighted by molar-refractivity contribution is 5.31. The van der Waals surface area contributed by atoms with E-state index in [0.717, 1.165) is 19.0 Å². The van der Waals surface area contributed by atoms with Gasteiger partial charge in [-0.05, 0) is 24.6 Å². The van der Waals surface area contributed by atoms with Crippen molar-refractivity contribution in [3.05, 3.63) is 29.8 Å². The van der Waals surface area contributed by atoms with Gasteiger partial charge in [-0.3, -0.25) is 0 Å². The molecule has 1 fully saturated rings. The smallest absolute Gasteiger partial charge is 0.119 e. The highest BCUT2D eigenvalue weighted by Gasteiger charge is 2.24. The summed E-state index contributed by atoms with van der Waals surface area (Å²) in [6.45, 7) is 3.56. The van der Waals surface area contributed by atoms with E-state index in [9.17, 15) is 0 Å². The summed E-state index contributed by atoms with van der Waals surface area (Å²) in [5.74, 6) is 0.936. The first kappa shape index (κ1) is 7.62. The molecule has 1 aromatic rings. The van der Waals surface area contributed by atoms with E-state index >= 15 is 0 Å². The van der Waals surface area contributed by atoms with Gasteiger partial charge in [0.2, 0.25) is 0 Å². The quantitative estimate of drug-likeness (QED) is 0.638. The summed E-state index contributed by atoms with van der Waals surface area (Å²) in [7, 11) is 0. The molecule has 0 unspecified atom stereocenters. The molecule has 2 heteroatoms. The average molecular weight is 164 g/mol. The van der Waals surface area contributed by atoms with Crippen LogP contribution in [-0.4, -0.2) is 13.2 Å². The molecule has 1 aliphatic heterocycles. The SMILES string of the molecule is CCOc1cccc([C@H]2CO2)c1. The van der Waals surface area contributed by atoms with Crippen molar-refractivity contribution >= 4 is 0 Å². The molecule has 12 heavy (non-hydrogen) atoms. The molecule has 1 heterocycles. The minimum atomic E-state index is 0.324. The third kappa shape index (κ3) is 1.59. The number of epoxide rings is 1. The van der Waals surface area contributed by atoms with Gasteiger partial charge in [0, 0.05) is 0 Å². The van der Waals surface area contributed by atoms with E-state index in [1.165, 1.54) is 5.56 Å². The first-order valence-electron chi connectivity index (χ1n) is 4.24. The lowest BCUT2D eigenvalue weighted by molar-refractivity contribution is 0.339. The van der Waals surface area contributed by atoms with Crippen molar-refractivity contribution in [1.29, 1.82) is 0 Å². The van der Waals surface area contributed by atoms with Crippen LogP contribution in [0.5, 0.6) is 5.75 Å². The molecule has 1 atom stereocenters. The second kappa shape index (κ2) is 3.15. The Kier molecular flexibility index (Phi) is 2.00. The van der Waals surface area contributed by atoms with Gasteiger partial charge in [-0.1, -0.05) is 12.1 Å². The first-order chi connectivity index (χ1) is 5.90. The van der Waals surface area contributed by atoms with Gasteiger partial charge in [-0.15, -0.1) is 0 Å². The predicted octanol–water partition coefficient (Wildman–Crippen LogP) is 2.16. The Morgan fingerprint density at radius 3 is 3.08 bits per heavy atom. The summed E-state index contributed by atoms with van der Waals surface area (Å²) < 4.78 is 10.5. The second-order valence-electron chi connectivity index (χ2n) is 2.83. The molecule has 0 spiro atoms. The van der Waals surface area contributed by atoms with Crippen LogP contribution in [0.25, 0.3) is 0 Å². The van der Waals surface area contributed by atoms with Crippen molar-refractivity contribution in [3.63, 3.8) is 0 Å². The summed E-state index contributed by atoms with van der Waals surface area (Å²) >= 11 is 0. The molecule has 0 radical (unpaired) electrons. The minimum Gasteiger partial charge on any atom is -0.494 e. The van der Waals surface area contributed by atoms with Gasteiger partial charge in [-0.25, -0.2) is 0 Å². The molecule has 0 aromatic heterocycles. The molecule has 1 saturated heterocycles. The van der Waals surface area contributed by atoms with Gasteiger partial charge in [0.05, 0.1) is 13.2 Å². The standard InChI is InChI=1S/C10H12O2/c1-2-11-9-5-3-4-8(6-9)10-7-12-10/h3-6,10H,2,7H2,1H3/t10-/m1/s1. The Labute approximate surface area is 72.1 Å². The zero-order valence-electron chi connectivity index (χ0n) is 7.12. The Morgan fingerprint density at radius 1 is 1.58 bits per heavy atom. The molecule has 0 amide bonds. The van der Waals surface area contributed by atoms with E-state index in [1.54, 1.807) is 0 Å². The molecule has 2 nitrogen and oxygen atoms in total. The maximum atomic E-state index is 5.37. The van der Waals surface area contributed by atoms with Crippen LogP contribution < -0.4 is 4.74 Å². The molecule has 0 bridgehead atoms. The van der Waals surface area contributed by atoms with E-state index in [0.29, 0.717) is 6.10 Å². The molecular formula is C10H12O2. The number of ether oxygens (including phenoxy) is 2. The summed E-state index contributed by atoms with van der Waals surface area (Å²) in [5, 5.41) is 0. The third-order valence-corrected chi connectivity index (χ3v) is 1.87. The Balaban J connectivity index is 2.15. The van der Waals surface area contributed by atoms with Crippen molar-refractivity contribution in [3.8, 4) is 5.75 Å². The Bertz CT molecular complexity index is 266. The van der Waals surface area contributed by atoms with E-state index < -0.39 is 0 Å².